The van der Waals surface area contributed by atoms with E-state index < -0.39 is 0 Å². The van der Waals surface area contributed by atoms with E-state index >= 15 is 0 Å². The van der Waals surface area contributed by atoms with Gasteiger partial charge in [0.25, 0.3) is 0 Å². The molecule has 1 aliphatic rings. The first-order chi connectivity index (χ1) is 9.06. The zero-order chi connectivity index (χ0) is 13.8. The highest BCUT2D eigenvalue weighted by molar-refractivity contribution is 7.80. The van der Waals surface area contributed by atoms with Gasteiger partial charge in [0.2, 0.25) is 0 Å². The second-order valence-electron chi connectivity index (χ2n) is 5.66. The fourth-order valence-electron chi connectivity index (χ4n) is 2.61. The van der Waals surface area contributed by atoms with Crippen LogP contribution in [0.2, 0.25) is 0 Å². The minimum absolute atomic E-state index is 0.251. The van der Waals surface area contributed by atoms with Gasteiger partial charge in [0, 0.05) is 6.04 Å². The molecule has 0 aliphatic heterocycles. The molecule has 1 fully saturated rings. The quantitative estimate of drug-likeness (QED) is 0.822. The minimum Gasteiger partial charge on any atom is -0.360 e. The second kappa shape index (κ2) is 6.38. The number of nitrogens with one attached hydrogen (secondary N) is 2. The molecule has 1 atom stereocenters. The Bertz CT molecular complexity index is 450. The fourth-order valence-corrected chi connectivity index (χ4v) is 2.95. The van der Waals surface area contributed by atoms with Crippen molar-refractivity contribution in [3.8, 4) is 0 Å². The lowest BCUT2D eigenvalue weighted by atomic mass is 10.0. The van der Waals surface area contributed by atoms with Crippen LogP contribution in [-0.4, -0.2) is 11.2 Å². The van der Waals surface area contributed by atoms with Crippen LogP contribution in [0.15, 0.2) is 18.2 Å². The standard InChI is InChI=1S/C16H24N2S/c1-11-8-9-14(10-12(11)2)13(3)17-16(19)18-15-6-4-5-7-15/h8-10,13,15H,4-7H2,1-3H3,(H2,17,18,19). The molecule has 19 heavy (non-hydrogen) atoms. The predicted molar refractivity (Wildman–Crippen MR) is 85.5 cm³/mol. The third-order valence-electron chi connectivity index (χ3n) is 4.07. The zero-order valence-corrected chi connectivity index (χ0v) is 12.9. The maximum absolute atomic E-state index is 5.40. The normalized spacial score (nSPS) is 17.2. The Morgan fingerprint density at radius 3 is 2.53 bits per heavy atom. The number of rotatable bonds is 3. The summed E-state index contributed by atoms with van der Waals surface area (Å²) in [5.41, 5.74) is 3.96. The molecular formula is C16H24N2S. The molecule has 0 spiro atoms. The minimum atomic E-state index is 0.251. The maximum Gasteiger partial charge on any atom is 0.166 e. The summed E-state index contributed by atoms with van der Waals surface area (Å²) < 4.78 is 0. The van der Waals surface area contributed by atoms with Gasteiger partial charge in [-0.15, -0.1) is 0 Å². The summed E-state index contributed by atoms with van der Waals surface area (Å²) in [6, 6.07) is 7.42. The Hall–Kier alpha value is -1.09. The van der Waals surface area contributed by atoms with Gasteiger partial charge in [-0.25, -0.2) is 0 Å². The number of benzene rings is 1. The van der Waals surface area contributed by atoms with E-state index in [0.717, 1.165) is 5.11 Å². The van der Waals surface area contributed by atoms with Crippen LogP contribution in [0.3, 0.4) is 0 Å². The van der Waals surface area contributed by atoms with Crippen molar-refractivity contribution in [3.63, 3.8) is 0 Å². The molecule has 0 saturated heterocycles. The summed E-state index contributed by atoms with van der Waals surface area (Å²) in [6.07, 6.45) is 5.15. The number of hydrogen-bond acceptors (Lipinski definition) is 1. The third kappa shape index (κ3) is 3.93. The van der Waals surface area contributed by atoms with Crippen molar-refractivity contribution in [3.05, 3.63) is 34.9 Å². The van der Waals surface area contributed by atoms with Gasteiger partial charge in [-0.05, 0) is 62.5 Å². The van der Waals surface area contributed by atoms with Gasteiger partial charge >= 0.3 is 0 Å². The van der Waals surface area contributed by atoms with Crippen LogP contribution in [-0.2, 0) is 0 Å². The SMILES string of the molecule is Cc1ccc(C(C)NC(=S)NC2CCCC2)cc1C. The van der Waals surface area contributed by atoms with Crippen molar-refractivity contribution in [2.75, 3.05) is 0 Å². The third-order valence-corrected chi connectivity index (χ3v) is 4.30. The van der Waals surface area contributed by atoms with Crippen molar-refractivity contribution in [2.24, 2.45) is 0 Å². The summed E-state index contributed by atoms with van der Waals surface area (Å²) >= 11 is 5.40. The highest BCUT2D eigenvalue weighted by Crippen LogP contribution is 2.19. The Labute approximate surface area is 122 Å². The molecule has 1 saturated carbocycles. The van der Waals surface area contributed by atoms with Gasteiger partial charge in [-0.3, -0.25) is 0 Å². The lowest BCUT2D eigenvalue weighted by Gasteiger charge is -2.21. The van der Waals surface area contributed by atoms with Crippen molar-refractivity contribution in [1.29, 1.82) is 0 Å². The molecular weight excluding hydrogens is 252 g/mol. The first kappa shape index (κ1) is 14.3. The molecule has 1 unspecified atom stereocenters. The van der Waals surface area contributed by atoms with E-state index in [1.165, 1.54) is 42.4 Å². The summed E-state index contributed by atoms with van der Waals surface area (Å²) in [4.78, 5) is 0. The van der Waals surface area contributed by atoms with E-state index in [4.69, 9.17) is 12.2 Å². The van der Waals surface area contributed by atoms with E-state index in [1.54, 1.807) is 0 Å². The van der Waals surface area contributed by atoms with Crippen LogP contribution < -0.4 is 10.6 Å². The van der Waals surface area contributed by atoms with Gasteiger partial charge in [-0.1, -0.05) is 31.0 Å². The van der Waals surface area contributed by atoms with E-state index in [0.29, 0.717) is 6.04 Å². The zero-order valence-electron chi connectivity index (χ0n) is 12.1. The van der Waals surface area contributed by atoms with Crippen molar-refractivity contribution >= 4 is 17.3 Å². The largest absolute Gasteiger partial charge is 0.360 e. The van der Waals surface area contributed by atoms with Crippen molar-refractivity contribution < 1.29 is 0 Å². The number of hydrogen-bond donors (Lipinski definition) is 2. The predicted octanol–water partition coefficient (Wildman–Crippen LogP) is 3.77. The lowest BCUT2D eigenvalue weighted by molar-refractivity contribution is 0.605. The molecule has 1 aliphatic carbocycles. The molecule has 0 amide bonds. The molecule has 104 valence electrons. The van der Waals surface area contributed by atoms with E-state index in [9.17, 15) is 0 Å². The second-order valence-corrected chi connectivity index (χ2v) is 6.07. The Morgan fingerprint density at radius 1 is 1.21 bits per heavy atom. The molecule has 0 bridgehead atoms. The van der Waals surface area contributed by atoms with Gasteiger partial charge in [0.1, 0.15) is 0 Å². The maximum atomic E-state index is 5.40. The number of aryl methyl sites for hydroxylation is 2. The summed E-state index contributed by atoms with van der Waals surface area (Å²) in [6.45, 7) is 6.46. The van der Waals surface area contributed by atoms with Gasteiger partial charge in [0.15, 0.2) is 5.11 Å². The average Bonchev–Trinajstić information content (AvgIpc) is 2.85. The van der Waals surface area contributed by atoms with Gasteiger partial charge in [0.05, 0.1) is 6.04 Å². The van der Waals surface area contributed by atoms with Crippen LogP contribution in [0.1, 0.15) is 55.3 Å². The highest BCUT2D eigenvalue weighted by Gasteiger charge is 2.16. The van der Waals surface area contributed by atoms with Crippen molar-refractivity contribution in [1.82, 2.24) is 10.6 Å². The van der Waals surface area contributed by atoms with Crippen LogP contribution in [0.4, 0.5) is 0 Å². The van der Waals surface area contributed by atoms with E-state index in [1.807, 2.05) is 0 Å². The molecule has 0 radical (unpaired) electrons. The lowest BCUT2D eigenvalue weighted by Crippen LogP contribution is -2.41. The first-order valence-electron chi connectivity index (χ1n) is 7.20. The average molecular weight is 276 g/mol. The highest BCUT2D eigenvalue weighted by atomic mass is 32.1. The topological polar surface area (TPSA) is 24.1 Å². The Kier molecular flexibility index (Phi) is 4.81. The summed E-state index contributed by atoms with van der Waals surface area (Å²) in [5, 5.41) is 7.61. The smallest absolute Gasteiger partial charge is 0.166 e. The first-order valence-corrected chi connectivity index (χ1v) is 7.61. The molecule has 3 heteroatoms. The monoisotopic (exact) mass is 276 g/mol. The van der Waals surface area contributed by atoms with Crippen LogP contribution >= 0.6 is 12.2 Å². The molecule has 2 rings (SSSR count). The molecule has 1 aromatic carbocycles. The summed E-state index contributed by atoms with van der Waals surface area (Å²) in [7, 11) is 0. The van der Waals surface area contributed by atoms with Gasteiger partial charge in [-0.2, -0.15) is 0 Å². The molecule has 2 nitrogen and oxygen atoms in total. The van der Waals surface area contributed by atoms with E-state index in [2.05, 4.69) is 49.6 Å². The van der Waals surface area contributed by atoms with Gasteiger partial charge < -0.3 is 10.6 Å². The Balaban J connectivity index is 1.90. The Morgan fingerprint density at radius 2 is 1.89 bits per heavy atom. The fraction of sp³-hybridized carbons (Fsp3) is 0.562. The van der Waals surface area contributed by atoms with Crippen LogP contribution in [0, 0.1) is 13.8 Å². The van der Waals surface area contributed by atoms with Crippen LogP contribution in [0.25, 0.3) is 0 Å². The number of thiocarbonyl (C=S) groups is 1. The molecule has 0 aromatic heterocycles. The van der Waals surface area contributed by atoms with E-state index in [-0.39, 0.29) is 6.04 Å². The van der Waals surface area contributed by atoms with Crippen molar-refractivity contribution in [2.45, 2.75) is 58.5 Å². The molecule has 2 N–H and O–H groups in total. The van der Waals surface area contributed by atoms with Crippen LogP contribution in [0.5, 0.6) is 0 Å². The molecule has 0 heterocycles. The summed E-state index contributed by atoms with van der Waals surface area (Å²) in [5.74, 6) is 0. The molecule has 1 aromatic rings.